The molecule has 3 aromatic carbocycles. The van der Waals surface area contributed by atoms with Crippen molar-refractivity contribution >= 4 is 12.0 Å². The normalized spacial score (nSPS) is 13.3. The smallest absolute Gasteiger partial charge is 0.408 e. The maximum atomic E-state index is 13.8. The van der Waals surface area contributed by atoms with Gasteiger partial charge in [-0.3, -0.25) is 4.79 Å². The molecule has 2 atom stereocenters. The van der Waals surface area contributed by atoms with Crippen molar-refractivity contribution in [2.24, 2.45) is 11.7 Å². The summed E-state index contributed by atoms with van der Waals surface area (Å²) in [7, 11) is 0. The zero-order chi connectivity index (χ0) is 31.0. The Morgan fingerprint density at radius 1 is 0.860 bits per heavy atom. The molecule has 0 spiro atoms. The minimum atomic E-state index is -0.972. The van der Waals surface area contributed by atoms with Gasteiger partial charge in [-0.1, -0.05) is 110 Å². The Kier molecular flexibility index (Phi) is 9.98. The Labute approximate surface area is 253 Å². The molecular weight excluding hydrogens is 542 g/mol. The lowest BCUT2D eigenvalue weighted by molar-refractivity contribution is -0.122. The zero-order valence-corrected chi connectivity index (χ0v) is 25.4. The van der Waals surface area contributed by atoms with Gasteiger partial charge < -0.3 is 25.6 Å². The van der Waals surface area contributed by atoms with Crippen LogP contribution in [0.4, 0.5) is 4.79 Å². The van der Waals surface area contributed by atoms with Crippen molar-refractivity contribution < 1.29 is 18.8 Å². The number of alkyl carbamates (subject to hydrolysis) is 1. The van der Waals surface area contributed by atoms with Crippen LogP contribution in [0.5, 0.6) is 0 Å². The van der Waals surface area contributed by atoms with Gasteiger partial charge >= 0.3 is 6.09 Å². The van der Waals surface area contributed by atoms with E-state index in [1.165, 1.54) is 0 Å². The largest absolute Gasteiger partial charge is 0.444 e. The molecule has 1 aromatic heterocycles. The second-order valence-corrected chi connectivity index (χ2v) is 12.0. The lowest BCUT2D eigenvalue weighted by Gasteiger charge is -2.37. The highest BCUT2D eigenvalue weighted by molar-refractivity contribution is 5.79. The molecule has 0 aliphatic heterocycles. The van der Waals surface area contributed by atoms with Crippen molar-refractivity contribution in [3.8, 4) is 0 Å². The fourth-order valence-electron chi connectivity index (χ4n) is 5.02. The molecule has 43 heavy (non-hydrogen) atoms. The number of carbonyl (C=O) groups excluding carboxylic acids is 2. The summed E-state index contributed by atoms with van der Waals surface area (Å²) in [6.45, 7) is 9.44. The van der Waals surface area contributed by atoms with E-state index >= 15 is 0 Å². The molecule has 0 saturated heterocycles. The van der Waals surface area contributed by atoms with Crippen LogP contribution in [0.2, 0.25) is 0 Å². The third kappa shape index (κ3) is 8.08. The summed E-state index contributed by atoms with van der Waals surface area (Å²) in [6.07, 6.45) is -0.126. The van der Waals surface area contributed by atoms with E-state index in [1.54, 1.807) is 20.8 Å². The predicted molar refractivity (Wildman–Crippen MR) is 165 cm³/mol. The van der Waals surface area contributed by atoms with Crippen molar-refractivity contribution in [1.82, 2.24) is 20.8 Å². The number of nitrogens with zero attached hydrogens (tertiary/aromatic N) is 2. The van der Waals surface area contributed by atoms with Crippen LogP contribution in [-0.4, -0.2) is 27.7 Å². The number of hydrogen-bond acceptors (Lipinski definition) is 7. The number of benzene rings is 3. The molecule has 4 rings (SSSR count). The molecule has 0 aliphatic carbocycles. The van der Waals surface area contributed by atoms with Crippen molar-refractivity contribution in [2.75, 3.05) is 0 Å². The first-order chi connectivity index (χ1) is 20.5. The van der Waals surface area contributed by atoms with E-state index in [0.29, 0.717) is 6.42 Å². The minimum Gasteiger partial charge on any atom is -0.444 e. The average molecular weight is 584 g/mol. The van der Waals surface area contributed by atoms with E-state index < -0.39 is 29.3 Å². The number of nitrogens with one attached hydrogen (secondary N) is 2. The molecule has 0 bridgehead atoms. The minimum absolute atomic E-state index is 0.106. The van der Waals surface area contributed by atoms with Gasteiger partial charge in [0.1, 0.15) is 11.1 Å². The summed E-state index contributed by atoms with van der Waals surface area (Å²) in [4.78, 5) is 30.8. The second kappa shape index (κ2) is 13.6. The predicted octanol–water partition coefficient (Wildman–Crippen LogP) is 6.18. The molecule has 0 aliphatic rings. The Hall–Kier alpha value is -4.50. The molecule has 226 valence electrons. The lowest BCUT2D eigenvalue weighted by atomic mass is 9.77. The van der Waals surface area contributed by atoms with E-state index in [2.05, 4.69) is 20.8 Å². The van der Waals surface area contributed by atoms with Crippen LogP contribution in [0.15, 0.2) is 95.5 Å². The Morgan fingerprint density at radius 2 is 1.35 bits per heavy atom. The van der Waals surface area contributed by atoms with Crippen molar-refractivity contribution in [3.05, 3.63) is 119 Å². The number of carbonyl (C=O) groups is 2. The van der Waals surface area contributed by atoms with Crippen LogP contribution < -0.4 is 16.4 Å². The molecule has 0 unspecified atom stereocenters. The molecule has 0 fully saturated rings. The molecular formula is C34H41N5O4. The molecule has 9 heteroatoms. The summed E-state index contributed by atoms with van der Waals surface area (Å²) in [5.74, 6) is 0.310. The first-order valence-corrected chi connectivity index (χ1v) is 14.5. The Morgan fingerprint density at radius 3 is 1.79 bits per heavy atom. The summed E-state index contributed by atoms with van der Waals surface area (Å²) in [6, 6.07) is 28.1. The van der Waals surface area contributed by atoms with E-state index in [9.17, 15) is 9.59 Å². The highest BCUT2D eigenvalue weighted by Gasteiger charge is 2.38. The SMILES string of the molecule is CC(C)C[C@H](NC(=O)OC(C)(C)C)c1noc([C@@H](N)CC(=O)NC(c2ccccc2)(c2ccccc2)c2ccccc2)n1. The highest BCUT2D eigenvalue weighted by Crippen LogP contribution is 2.37. The van der Waals surface area contributed by atoms with E-state index in [1.807, 2.05) is 105 Å². The highest BCUT2D eigenvalue weighted by atomic mass is 16.6. The van der Waals surface area contributed by atoms with Gasteiger partial charge in [-0.05, 0) is 49.8 Å². The van der Waals surface area contributed by atoms with Crippen molar-refractivity contribution in [1.29, 1.82) is 0 Å². The van der Waals surface area contributed by atoms with Gasteiger partial charge in [0.2, 0.25) is 11.8 Å². The second-order valence-electron chi connectivity index (χ2n) is 12.0. The van der Waals surface area contributed by atoms with E-state index in [0.717, 1.165) is 16.7 Å². The standard InChI is InChI=1S/C34H41N5O4/c1-23(2)21-28(36-32(41)42-33(3,4)5)30-37-31(43-39-30)27(35)22-29(40)38-34(24-15-9-6-10-16-24,25-17-11-7-12-18-25)26-19-13-8-14-20-26/h6-20,23,27-28H,21-22,35H2,1-5H3,(H,36,41)(H,38,40)/t27-,28-/m0/s1. The van der Waals surface area contributed by atoms with Gasteiger partial charge in [0.05, 0.1) is 18.5 Å². The van der Waals surface area contributed by atoms with Gasteiger partial charge in [0, 0.05) is 0 Å². The maximum absolute atomic E-state index is 13.8. The molecule has 4 N–H and O–H groups in total. The van der Waals surface area contributed by atoms with Crippen LogP contribution in [0, 0.1) is 5.92 Å². The van der Waals surface area contributed by atoms with Gasteiger partial charge in [-0.25, -0.2) is 4.79 Å². The first-order valence-electron chi connectivity index (χ1n) is 14.5. The van der Waals surface area contributed by atoms with Crippen LogP contribution >= 0.6 is 0 Å². The fourth-order valence-corrected chi connectivity index (χ4v) is 5.02. The number of ether oxygens (including phenoxy) is 1. The van der Waals surface area contributed by atoms with Crippen LogP contribution in [0.25, 0.3) is 0 Å². The third-order valence-electron chi connectivity index (χ3n) is 6.84. The summed E-state index contributed by atoms with van der Waals surface area (Å²) < 4.78 is 10.9. The van der Waals surface area contributed by atoms with Crippen LogP contribution in [0.3, 0.4) is 0 Å². The number of hydrogen-bond donors (Lipinski definition) is 3. The first kappa shape index (κ1) is 31.4. The molecule has 0 radical (unpaired) electrons. The maximum Gasteiger partial charge on any atom is 0.408 e. The fraction of sp³-hybridized carbons (Fsp3) is 0.353. The van der Waals surface area contributed by atoms with Crippen molar-refractivity contribution in [2.45, 2.75) is 70.7 Å². The van der Waals surface area contributed by atoms with Crippen molar-refractivity contribution in [3.63, 3.8) is 0 Å². The molecule has 4 aromatic rings. The summed E-state index contributed by atoms with van der Waals surface area (Å²) in [5.41, 5.74) is 7.54. The molecule has 1 heterocycles. The summed E-state index contributed by atoms with van der Waals surface area (Å²) >= 11 is 0. The van der Waals surface area contributed by atoms with E-state index in [4.69, 9.17) is 15.0 Å². The number of nitrogens with two attached hydrogens (primary N) is 1. The van der Waals surface area contributed by atoms with Crippen LogP contribution in [-0.2, 0) is 15.1 Å². The van der Waals surface area contributed by atoms with E-state index in [-0.39, 0.29) is 30.0 Å². The Bertz CT molecular complexity index is 1370. The quantitative estimate of drug-likeness (QED) is 0.180. The number of amides is 2. The summed E-state index contributed by atoms with van der Waals surface area (Å²) in [5, 5.41) is 10.2. The van der Waals surface area contributed by atoms with Gasteiger partial charge in [-0.15, -0.1) is 0 Å². The van der Waals surface area contributed by atoms with Crippen LogP contribution in [0.1, 0.15) is 87.9 Å². The molecule has 2 amide bonds. The molecule has 9 nitrogen and oxygen atoms in total. The monoisotopic (exact) mass is 583 g/mol. The number of aromatic nitrogens is 2. The number of rotatable bonds is 11. The zero-order valence-electron chi connectivity index (χ0n) is 25.4. The van der Waals surface area contributed by atoms with Gasteiger partial charge in [0.15, 0.2) is 5.82 Å². The Balaban J connectivity index is 1.59. The molecule has 0 saturated carbocycles. The van der Waals surface area contributed by atoms with Gasteiger partial charge in [0.25, 0.3) is 0 Å². The third-order valence-corrected chi connectivity index (χ3v) is 6.84. The van der Waals surface area contributed by atoms with Gasteiger partial charge in [-0.2, -0.15) is 4.98 Å². The topological polar surface area (TPSA) is 132 Å². The average Bonchev–Trinajstić information content (AvgIpc) is 3.47. The lowest BCUT2D eigenvalue weighted by Crippen LogP contribution is -2.48.